The number of carbonyl (C=O) groups excluding carboxylic acids is 1. The second-order valence-corrected chi connectivity index (χ2v) is 5.06. The minimum Gasteiger partial charge on any atom is -0.369 e. The molecule has 5 nitrogen and oxygen atoms in total. The van der Waals surface area contributed by atoms with E-state index in [4.69, 9.17) is 0 Å². The molecule has 1 aliphatic heterocycles. The number of rotatable bonds is 4. The van der Waals surface area contributed by atoms with Gasteiger partial charge in [0, 0.05) is 19.6 Å². The molecule has 0 bridgehead atoms. The second-order valence-electron chi connectivity index (χ2n) is 5.06. The minimum absolute atomic E-state index is 0.00425. The van der Waals surface area contributed by atoms with Crippen molar-refractivity contribution in [2.75, 3.05) is 25.0 Å². The van der Waals surface area contributed by atoms with E-state index in [1.807, 2.05) is 4.90 Å². The summed E-state index contributed by atoms with van der Waals surface area (Å²) in [7, 11) is 0. The molecule has 1 amide bonds. The second kappa shape index (κ2) is 5.80. The van der Waals surface area contributed by atoms with E-state index in [0.29, 0.717) is 11.6 Å². The average Bonchev–Trinajstić information content (AvgIpc) is 2.90. The Morgan fingerprint density at radius 2 is 2.06 bits per heavy atom. The lowest BCUT2D eigenvalue weighted by atomic mass is 10.2. The first kappa shape index (κ1) is 12.8. The van der Waals surface area contributed by atoms with Gasteiger partial charge in [-0.1, -0.05) is 13.8 Å². The SMILES string of the molecule is CC(C)CNc1cnc(C(=O)N2CCCC2)cn1. The van der Waals surface area contributed by atoms with Gasteiger partial charge in [0.15, 0.2) is 0 Å². The Bertz CT molecular complexity index is 396. The summed E-state index contributed by atoms with van der Waals surface area (Å²) in [5.74, 6) is 1.27. The van der Waals surface area contributed by atoms with Crippen LogP contribution in [0.3, 0.4) is 0 Å². The smallest absolute Gasteiger partial charge is 0.274 e. The number of nitrogens with zero attached hydrogens (tertiary/aromatic N) is 3. The molecule has 1 saturated heterocycles. The molecule has 0 spiro atoms. The number of likely N-dealkylation sites (tertiary alicyclic amines) is 1. The van der Waals surface area contributed by atoms with Gasteiger partial charge in [-0.15, -0.1) is 0 Å². The Labute approximate surface area is 108 Å². The van der Waals surface area contributed by atoms with E-state index in [1.165, 1.54) is 0 Å². The molecule has 1 aliphatic rings. The van der Waals surface area contributed by atoms with Crippen LogP contribution < -0.4 is 5.32 Å². The van der Waals surface area contributed by atoms with Gasteiger partial charge in [0.1, 0.15) is 11.5 Å². The summed E-state index contributed by atoms with van der Waals surface area (Å²) < 4.78 is 0. The maximum Gasteiger partial charge on any atom is 0.274 e. The van der Waals surface area contributed by atoms with E-state index in [1.54, 1.807) is 12.4 Å². The molecule has 0 atom stereocenters. The molecular weight excluding hydrogens is 228 g/mol. The standard InChI is InChI=1S/C13H20N4O/c1-10(2)7-15-12-9-14-11(8-16-12)13(18)17-5-3-4-6-17/h8-10H,3-7H2,1-2H3,(H,15,16). The van der Waals surface area contributed by atoms with Gasteiger partial charge in [-0.05, 0) is 18.8 Å². The van der Waals surface area contributed by atoms with E-state index in [0.717, 1.165) is 38.3 Å². The molecule has 18 heavy (non-hydrogen) atoms. The zero-order valence-corrected chi connectivity index (χ0v) is 11.0. The Balaban J connectivity index is 1.96. The predicted octanol–water partition coefficient (Wildman–Crippen LogP) is 1.78. The third kappa shape index (κ3) is 3.18. The van der Waals surface area contributed by atoms with Crippen LogP contribution in [0.2, 0.25) is 0 Å². The van der Waals surface area contributed by atoms with Crippen molar-refractivity contribution in [3.05, 3.63) is 18.1 Å². The molecule has 1 aromatic heterocycles. The zero-order valence-electron chi connectivity index (χ0n) is 11.0. The lowest BCUT2D eigenvalue weighted by Gasteiger charge is -2.14. The van der Waals surface area contributed by atoms with Crippen LogP contribution in [0.1, 0.15) is 37.2 Å². The topological polar surface area (TPSA) is 58.1 Å². The van der Waals surface area contributed by atoms with Crippen molar-refractivity contribution in [1.82, 2.24) is 14.9 Å². The van der Waals surface area contributed by atoms with E-state index in [9.17, 15) is 4.79 Å². The summed E-state index contributed by atoms with van der Waals surface area (Å²) in [5, 5.41) is 3.18. The van der Waals surface area contributed by atoms with E-state index in [-0.39, 0.29) is 5.91 Å². The maximum atomic E-state index is 12.0. The highest BCUT2D eigenvalue weighted by molar-refractivity contribution is 5.92. The molecule has 2 rings (SSSR count). The zero-order chi connectivity index (χ0) is 13.0. The molecule has 1 N–H and O–H groups in total. The van der Waals surface area contributed by atoms with E-state index >= 15 is 0 Å². The largest absolute Gasteiger partial charge is 0.369 e. The third-order valence-corrected chi connectivity index (χ3v) is 2.96. The van der Waals surface area contributed by atoms with Crippen LogP contribution in [-0.2, 0) is 0 Å². The lowest BCUT2D eigenvalue weighted by Crippen LogP contribution is -2.28. The Hall–Kier alpha value is -1.65. The Morgan fingerprint density at radius 3 is 2.61 bits per heavy atom. The van der Waals surface area contributed by atoms with Crippen molar-refractivity contribution in [2.45, 2.75) is 26.7 Å². The van der Waals surface area contributed by atoms with Crippen molar-refractivity contribution in [3.63, 3.8) is 0 Å². The number of hydrogen-bond donors (Lipinski definition) is 1. The molecule has 5 heteroatoms. The molecule has 0 aromatic carbocycles. The molecule has 1 aromatic rings. The lowest BCUT2D eigenvalue weighted by molar-refractivity contribution is 0.0786. The summed E-state index contributed by atoms with van der Waals surface area (Å²) in [4.78, 5) is 22.3. The summed E-state index contributed by atoms with van der Waals surface area (Å²) in [5.41, 5.74) is 0.437. The Kier molecular flexibility index (Phi) is 4.12. The fraction of sp³-hybridized carbons (Fsp3) is 0.615. The van der Waals surface area contributed by atoms with Gasteiger partial charge >= 0.3 is 0 Å². The van der Waals surface area contributed by atoms with Crippen LogP contribution >= 0.6 is 0 Å². The molecule has 0 radical (unpaired) electrons. The van der Waals surface area contributed by atoms with Gasteiger partial charge in [0.05, 0.1) is 12.4 Å². The van der Waals surface area contributed by atoms with Crippen LogP contribution in [0.25, 0.3) is 0 Å². The molecule has 0 aliphatic carbocycles. The number of amides is 1. The van der Waals surface area contributed by atoms with Crippen LogP contribution in [0.4, 0.5) is 5.82 Å². The van der Waals surface area contributed by atoms with Gasteiger partial charge in [0.2, 0.25) is 0 Å². The fourth-order valence-electron chi connectivity index (χ4n) is 1.92. The van der Waals surface area contributed by atoms with E-state index in [2.05, 4.69) is 29.1 Å². The summed E-state index contributed by atoms with van der Waals surface area (Å²) in [6.45, 7) is 6.80. The van der Waals surface area contributed by atoms with Gasteiger partial charge in [-0.25, -0.2) is 9.97 Å². The van der Waals surface area contributed by atoms with Crippen LogP contribution in [0.15, 0.2) is 12.4 Å². The number of aromatic nitrogens is 2. The first-order chi connectivity index (χ1) is 8.66. The number of anilines is 1. The van der Waals surface area contributed by atoms with Gasteiger partial charge in [-0.3, -0.25) is 4.79 Å². The molecule has 0 unspecified atom stereocenters. The summed E-state index contributed by atoms with van der Waals surface area (Å²) >= 11 is 0. The maximum absolute atomic E-state index is 12.0. The molecule has 2 heterocycles. The average molecular weight is 248 g/mol. The first-order valence-electron chi connectivity index (χ1n) is 6.52. The number of nitrogens with one attached hydrogen (secondary N) is 1. The van der Waals surface area contributed by atoms with E-state index < -0.39 is 0 Å². The highest BCUT2D eigenvalue weighted by Crippen LogP contribution is 2.11. The van der Waals surface area contributed by atoms with Gasteiger partial charge in [0.25, 0.3) is 5.91 Å². The predicted molar refractivity (Wildman–Crippen MR) is 70.5 cm³/mol. The van der Waals surface area contributed by atoms with Gasteiger partial charge < -0.3 is 10.2 Å². The molecular formula is C13H20N4O. The fourth-order valence-corrected chi connectivity index (χ4v) is 1.92. The number of hydrogen-bond acceptors (Lipinski definition) is 4. The summed E-state index contributed by atoms with van der Waals surface area (Å²) in [6.07, 6.45) is 5.37. The van der Waals surface area contributed by atoms with Crippen LogP contribution in [0.5, 0.6) is 0 Å². The molecule has 1 fully saturated rings. The van der Waals surface area contributed by atoms with Crippen molar-refractivity contribution < 1.29 is 4.79 Å². The summed E-state index contributed by atoms with van der Waals surface area (Å²) in [6, 6.07) is 0. The van der Waals surface area contributed by atoms with Crippen LogP contribution in [-0.4, -0.2) is 40.4 Å². The van der Waals surface area contributed by atoms with Crippen molar-refractivity contribution in [2.24, 2.45) is 5.92 Å². The van der Waals surface area contributed by atoms with Gasteiger partial charge in [-0.2, -0.15) is 0 Å². The monoisotopic (exact) mass is 248 g/mol. The third-order valence-electron chi connectivity index (χ3n) is 2.96. The highest BCUT2D eigenvalue weighted by atomic mass is 16.2. The molecule has 0 saturated carbocycles. The van der Waals surface area contributed by atoms with Crippen LogP contribution in [0, 0.1) is 5.92 Å². The normalized spacial score (nSPS) is 15.2. The Morgan fingerprint density at radius 1 is 1.33 bits per heavy atom. The van der Waals surface area contributed by atoms with Crippen molar-refractivity contribution >= 4 is 11.7 Å². The molecule has 98 valence electrons. The van der Waals surface area contributed by atoms with Crippen molar-refractivity contribution in [3.8, 4) is 0 Å². The minimum atomic E-state index is -0.00425. The quantitative estimate of drug-likeness (QED) is 0.882. The van der Waals surface area contributed by atoms with Crippen molar-refractivity contribution in [1.29, 1.82) is 0 Å². The first-order valence-corrected chi connectivity index (χ1v) is 6.52. The number of carbonyl (C=O) groups is 1. The highest BCUT2D eigenvalue weighted by Gasteiger charge is 2.20.